The highest BCUT2D eigenvalue weighted by atomic mass is 16.5. The van der Waals surface area contributed by atoms with Gasteiger partial charge in [0.1, 0.15) is 23.9 Å². The average Bonchev–Trinajstić information content (AvgIpc) is 3.15. The van der Waals surface area contributed by atoms with Crippen molar-refractivity contribution in [3.8, 4) is 23.0 Å². The molecule has 0 saturated carbocycles. The molecule has 0 spiro atoms. The predicted octanol–water partition coefficient (Wildman–Crippen LogP) is 2.47. The van der Waals surface area contributed by atoms with Crippen molar-refractivity contribution in [2.75, 3.05) is 13.1 Å². The van der Waals surface area contributed by atoms with Crippen LogP contribution in [0.25, 0.3) is 11.5 Å². The monoisotopic (exact) mass is 379 g/mol. The van der Waals surface area contributed by atoms with Crippen LogP contribution in [0.5, 0.6) is 11.5 Å². The van der Waals surface area contributed by atoms with Crippen molar-refractivity contribution in [2.24, 2.45) is 0 Å². The van der Waals surface area contributed by atoms with Crippen molar-refractivity contribution in [3.05, 3.63) is 59.5 Å². The largest absolute Gasteiger partial charge is 0.508 e. The van der Waals surface area contributed by atoms with Crippen molar-refractivity contribution < 1.29 is 23.8 Å². The van der Waals surface area contributed by atoms with Gasteiger partial charge in [-0.3, -0.25) is 9.59 Å². The van der Waals surface area contributed by atoms with Crippen LogP contribution in [0.15, 0.2) is 46.9 Å². The first-order valence-electron chi connectivity index (χ1n) is 8.68. The van der Waals surface area contributed by atoms with E-state index in [1.807, 2.05) is 6.92 Å². The molecule has 1 aliphatic heterocycles. The van der Waals surface area contributed by atoms with Crippen LogP contribution < -0.4 is 4.74 Å². The number of benzene rings is 2. The number of phenols is 1. The zero-order chi connectivity index (χ0) is 19.7. The van der Waals surface area contributed by atoms with Crippen LogP contribution in [0, 0.1) is 6.92 Å². The standard InChI is InChI=1S/C20H17N3O5/c1-12-8-13(11-24)2-7-17(12)27-16-9-23(10-16)20(26)19-22-21-18(28-19)14-3-5-15(25)6-4-14/h2-8,11,16,25H,9-10H2,1H3. The molecule has 1 saturated heterocycles. The first-order valence-corrected chi connectivity index (χ1v) is 8.68. The number of carbonyl (C=O) groups is 2. The molecule has 142 valence electrons. The normalized spacial score (nSPS) is 13.8. The van der Waals surface area contributed by atoms with Gasteiger partial charge in [0.2, 0.25) is 5.89 Å². The number of aromatic hydroxyl groups is 1. The van der Waals surface area contributed by atoms with E-state index >= 15 is 0 Å². The minimum Gasteiger partial charge on any atom is -0.508 e. The summed E-state index contributed by atoms with van der Waals surface area (Å²) in [5.41, 5.74) is 2.07. The fraction of sp³-hybridized carbons (Fsp3) is 0.200. The molecule has 4 rings (SSSR count). The molecule has 0 bridgehead atoms. The van der Waals surface area contributed by atoms with Gasteiger partial charge in [0, 0.05) is 11.1 Å². The SMILES string of the molecule is Cc1cc(C=O)ccc1OC1CN(C(=O)c2nnc(-c3ccc(O)cc3)o2)C1. The molecule has 28 heavy (non-hydrogen) atoms. The molecule has 0 atom stereocenters. The Morgan fingerprint density at radius 1 is 1.21 bits per heavy atom. The number of nitrogens with zero attached hydrogens (tertiary/aromatic N) is 3. The number of rotatable bonds is 5. The minimum atomic E-state index is -0.356. The lowest BCUT2D eigenvalue weighted by molar-refractivity contribution is 0.0147. The summed E-state index contributed by atoms with van der Waals surface area (Å²) in [6, 6.07) is 11.5. The average molecular weight is 379 g/mol. The summed E-state index contributed by atoms with van der Waals surface area (Å²) >= 11 is 0. The molecule has 0 aliphatic carbocycles. The fourth-order valence-electron chi connectivity index (χ4n) is 2.90. The molecular weight excluding hydrogens is 362 g/mol. The number of amides is 1. The maximum atomic E-state index is 12.5. The zero-order valence-electron chi connectivity index (χ0n) is 15.0. The Labute approximate surface area is 160 Å². The van der Waals surface area contributed by atoms with Crippen molar-refractivity contribution >= 4 is 12.2 Å². The summed E-state index contributed by atoms with van der Waals surface area (Å²) in [7, 11) is 0. The number of hydrogen-bond donors (Lipinski definition) is 1. The Morgan fingerprint density at radius 2 is 1.96 bits per heavy atom. The van der Waals surface area contributed by atoms with Crippen LogP contribution in [-0.4, -0.2) is 51.6 Å². The highest BCUT2D eigenvalue weighted by molar-refractivity contribution is 5.90. The van der Waals surface area contributed by atoms with Gasteiger partial charge in [0.15, 0.2) is 0 Å². The smallest absolute Gasteiger partial charge is 0.311 e. The number of aryl methyl sites for hydroxylation is 1. The number of likely N-dealkylation sites (tertiary alicyclic amines) is 1. The molecule has 1 N–H and O–H groups in total. The summed E-state index contributed by atoms with van der Waals surface area (Å²) in [6.07, 6.45) is 0.654. The van der Waals surface area contributed by atoms with Gasteiger partial charge in [-0.2, -0.15) is 0 Å². The van der Waals surface area contributed by atoms with Crippen LogP contribution in [-0.2, 0) is 0 Å². The molecule has 8 nitrogen and oxygen atoms in total. The van der Waals surface area contributed by atoms with E-state index in [4.69, 9.17) is 9.15 Å². The topological polar surface area (TPSA) is 106 Å². The van der Waals surface area contributed by atoms with E-state index in [2.05, 4.69) is 10.2 Å². The van der Waals surface area contributed by atoms with E-state index in [1.165, 1.54) is 12.1 Å². The first kappa shape index (κ1) is 17.7. The van der Waals surface area contributed by atoms with E-state index in [1.54, 1.807) is 35.2 Å². The minimum absolute atomic E-state index is 0.0898. The van der Waals surface area contributed by atoms with Crippen LogP contribution in [0.4, 0.5) is 0 Å². The molecule has 1 fully saturated rings. The Morgan fingerprint density at radius 3 is 2.64 bits per heavy atom. The van der Waals surface area contributed by atoms with E-state index in [9.17, 15) is 14.7 Å². The highest BCUT2D eigenvalue weighted by Crippen LogP contribution is 2.25. The summed E-state index contributed by atoms with van der Waals surface area (Å²) in [5.74, 6) is 0.582. The lowest BCUT2D eigenvalue weighted by atomic mass is 10.1. The predicted molar refractivity (Wildman–Crippen MR) is 98.3 cm³/mol. The second kappa shape index (κ2) is 7.15. The number of phenolic OH excluding ortho intramolecular Hbond substituents is 1. The van der Waals surface area contributed by atoms with Gasteiger partial charge in [-0.15, -0.1) is 10.2 Å². The third kappa shape index (κ3) is 3.44. The summed E-state index contributed by atoms with van der Waals surface area (Å²) in [5, 5.41) is 17.0. The maximum Gasteiger partial charge on any atom is 0.311 e. The molecule has 0 unspecified atom stereocenters. The molecule has 8 heteroatoms. The van der Waals surface area contributed by atoms with Crippen LogP contribution in [0.2, 0.25) is 0 Å². The number of aldehydes is 1. The number of aromatic nitrogens is 2. The van der Waals surface area contributed by atoms with E-state index in [-0.39, 0.29) is 29.5 Å². The van der Waals surface area contributed by atoms with Crippen LogP contribution >= 0.6 is 0 Å². The van der Waals surface area contributed by atoms with Crippen molar-refractivity contribution in [3.63, 3.8) is 0 Å². The van der Waals surface area contributed by atoms with Gasteiger partial charge in [0.25, 0.3) is 0 Å². The number of carbonyl (C=O) groups excluding carboxylic acids is 2. The second-order valence-corrected chi connectivity index (χ2v) is 6.55. The van der Waals surface area contributed by atoms with Gasteiger partial charge in [-0.05, 0) is 55.0 Å². The zero-order valence-corrected chi connectivity index (χ0v) is 15.0. The maximum absolute atomic E-state index is 12.5. The third-order valence-corrected chi connectivity index (χ3v) is 4.49. The summed E-state index contributed by atoms with van der Waals surface area (Å²) < 4.78 is 11.3. The van der Waals surface area contributed by atoms with Gasteiger partial charge in [0.05, 0.1) is 13.1 Å². The van der Waals surface area contributed by atoms with Crippen molar-refractivity contribution in [1.29, 1.82) is 0 Å². The third-order valence-electron chi connectivity index (χ3n) is 4.49. The van der Waals surface area contributed by atoms with Gasteiger partial charge in [-0.25, -0.2) is 0 Å². The molecule has 1 amide bonds. The Kier molecular flexibility index (Phi) is 4.52. The van der Waals surface area contributed by atoms with Crippen molar-refractivity contribution in [2.45, 2.75) is 13.0 Å². The molecule has 0 radical (unpaired) electrons. The molecular formula is C20H17N3O5. The van der Waals surface area contributed by atoms with Crippen LogP contribution in [0.1, 0.15) is 26.6 Å². The highest BCUT2D eigenvalue weighted by Gasteiger charge is 2.35. The van der Waals surface area contributed by atoms with Crippen LogP contribution in [0.3, 0.4) is 0 Å². The Balaban J connectivity index is 1.36. The van der Waals surface area contributed by atoms with Crippen molar-refractivity contribution in [1.82, 2.24) is 15.1 Å². The van der Waals surface area contributed by atoms with Gasteiger partial charge >= 0.3 is 11.8 Å². The number of ether oxygens (including phenoxy) is 1. The van der Waals surface area contributed by atoms with E-state index in [0.29, 0.717) is 30.0 Å². The van der Waals surface area contributed by atoms with Gasteiger partial charge < -0.3 is 19.2 Å². The van der Waals surface area contributed by atoms with Gasteiger partial charge in [-0.1, -0.05) is 0 Å². The van der Waals surface area contributed by atoms with E-state index in [0.717, 1.165) is 11.8 Å². The molecule has 2 aromatic carbocycles. The quantitative estimate of drug-likeness (QED) is 0.679. The number of hydrogen-bond acceptors (Lipinski definition) is 7. The lowest BCUT2D eigenvalue weighted by Crippen LogP contribution is -2.56. The first-order chi connectivity index (χ1) is 13.5. The van der Waals surface area contributed by atoms with E-state index < -0.39 is 0 Å². The summed E-state index contributed by atoms with van der Waals surface area (Å²) in [6.45, 7) is 2.68. The Hall–Kier alpha value is -3.68. The molecule has 1 aliphatic rings. The molecule has 1 aromatic heterocycles. The Bertz CT molecular complexity index is 1020. The molecule has 3 aromatic rings. The summed E-state index contributed by atoms with van der Waals surface area (Å²) in [4.78, 5) is 24.8. The second-order valence-electron chi connectivity index (χ2n) is 6.55. The fourth-order valence-corrected chi connectivity index (χ4v) is 2.90. The molecule has 2 heterocycles. The lowest BCUT2D eigenvalue weighted by Gasteiger charge is -2.38.